The van der Waals surface area contributed by atoms with Crippen LogP contribution in [-0.2, 0) is 6.54 Å². The summed E-state index contributed by atoms with van der Waals surface area (Å²) in [6.45, 7) is 2.48. The summed E-state index contributed by atoms with van der Waals surface area (Å²) in [6, 6.07) is 13.7. The van der Waals surface area contributed by atoms with Crippen molar-refractivity contribution in [3.05, 3.63) is 92.6 Å². The third-order valence-electron chi connectivity index (χ3n) is 6.04. The maximum atomic E-state index is 14.0. The topological polar surface area (TPSA) is 61.8 Å². The maximum absolute atomic E-state index is 14.0. The van der Waals surface area contributed by atoms with Crippen LogP contribution in [0.4, 0.5) is 4.39 Å². The number of nitrogens with zero attached hydrogens (tertiary/aromatic N) is 4. The molecule has 2 heterocycles. The Bertz CT molecular complexity index is 1390. The molecule has 0 atom stereocenters. The van der Waals surface area contributed by atoms with Crippen LogP contribution in [0.2, 0.25) is 0 Å². The zero-order chi connectivity index (χ0) is 21.5. The summed E-state index contributed by atoms with van der Waals surface area (Å²) < 4.78 is 18.5. The second-order valence-electron chi connectivity index (χ2n) is 8.25. The number of aromatic nitrogens is 4. The van der Waals surface area contributed by atoms with E-state index >= 15 is 0 Å². The van der Waals surface area contributed by atoms with E-state index in [9.17, 15) is 14.0 Å². The molecule has 0 unspecified atom stereocenters. The Kier molecular flexibility index (Phi) is 4.81. The highest BCUT2D eigenvalue weighted by Gasteiger charge is 2.26. The van der Waals surface area contributed by atoms with E-state index in [2.05, 4.69) is 11.1 Å². The van der Waals surface area contributed by atoms with E-state index in [-0.39, 0.29) is 17.2 Å². The summed E-state index contributed by atoms with van der Waals surface area (Å²) in [5.74, 6) is -0.449. The van der Waals surface area contributed by atoms with Gasteiger partial charge in [0, 0.05) is 12.6 Å². The van der Waals surface area contributed by atoms with Crippen molar-refractivity contribution in [3.8, 4) is 5.69 Å². The van der Waals surface area contributed by atoms with Crippen LogP contribution in [0.5, 0.6) is 0 Å². The molecule has 0 spiro atoms. The van der Waals surface area contributed by atoms with Crippen molar-refractivity contribution in [2.75, 3.05) is 0 Å². The first-order valence-corrected chi connectivity index (χ1v) is 10.6. The highest BCUT2D eigenvalue weighted by atomic mass is 19.1. The third kappa shape index (κ3) is 3.40. The Morgan fingerprint density at radius 2 is 1.84 bits per heavy atom. The Morgan fingerprint density at radius 1 is 1.06 bits per heavy atom. The molecule has 0 bridgehead atoms. The van der Waals surface area contributed by atoms with Gasteiger partial charge in [0.15, 0.2) is 11.2 Å². The van der Waals surface area contributed by atoms with Crippen molar-refractivity contribution < 1.29 is 4.39 Å². The average molecular weight is 418 g/mol. The summed E-state index contributed by atoms with van der Waals surface area (Å²) in [7, 11) is 0. The van der Waals surface area contributed by atoms with E-state index in [1.807, 2.05) is 25.1 Å². The van der Waals surface area contributed by atoms with Gasteiger partial charge in [0.1, 0.15) is 5.82 Å². The molecule has 0 aliphatic heterocycles. The van der Waals surface area contributed by atoms with Crippen LogP contribution in [-0.4, -0.2) is 18.7 Å². The number of imidazole rings is 1. The van der Waals surface area contributed by atoms with Gasteiger partial charge in [-0.1, -0.05) is 48.7 Å². The van der Waals surface area contributed by atoms with Gasteiger partial charge in [0.25, 0.3) is 5.56 Å². The minimum atomic E-state index is -0.462. The molecule has 4 aromatic rings. The standard InChI is InChI=1S/C24H23FN4O2/c1-16-6-4-7-17(12-16)14-27-15-26-22-21(27)23(30)29(19-9-2-3-10-19)24(31)28(22)20-11-5-8-18(25)13-20/h4-8,11-13,15,19H,2-3,9-10,14H2,1H3. The average Bonchev–Trinajstić information content (AvgIpc) is 3.39. The predicted octanol–water partition coefficient (Wildman–Crippen LogP) is 3.96. The number of hydrogen-bond donors (Lipinski definition) is 0. The van der Waals surface area contributed by atoms with Crippen molar-refractivity contribution in [3.63, 3.8) is 0 Å². The van der Waals surface area contributed by atoms with Crippen LogP contribution in [0, 0.1) is 12.7 Å². The van der Waals surface area contributed by atoms with Crippen LogP contribution < -0.4 is 11.2 Å². The molecule has 0 N–H and O–H groups in total. The van der Waals surface area contributed by atoms with Crippen LogP contribution in [0.1, 0.15) is 42.9 Å². The second kappa shape index (κ2) is 7.65. The molecular weight excluding hydrogens is 395 g/mol. The normalized spacial score (nSPS) is 14.5. The third-order valence-corrected chi connectivity index (χ3v) is 6.04. The number of halogens is 1. The molecule has 2 aromatic carbocycles. The Labute approximate surface area is 178 Å². The zero-order valence-electron chi connectivity index (χ0n) is 17.3. The van der Waals surface area contributed by atoms with Crippen LogP contribution in [0.3, 0.4) is 0 Å². The molecule has 5 rings (SSSR count). The van der Waals surface area contributed by atoms with Gasteiger partial charge in [0.05, 0.1) is 12.0 Å². The fourth-order valence-corrected chi connectivity index (χ4v) is 4.61. The summed E-state index contributed by atoms with van der Waals surface area (Å²) in [4.78, 5) is 31.4. The van der Waals surface area contributed by atoms with Gasteiger partial charge >= 0.3 is 5.69 Å². The largest absolute Gasteiger partial charge is 0.337 e. The maximum Gasteiger partial charge on any atom is 0.337 e. The highest BCUT2D eigenvalue weighted by Crippen LogP contribution is 2.28. The molecular formula is C24H23FN4O2. The number of hydrogen-bond acceptors (Lipinski definition) is 3. The van der Waals surface area contributed by atoms with Gasteiger partial charge in [-0.2, -0.15) is 0 Å². The lowest BCUT2D eigenvalue weighted by Gasteiger charge is -2.17. The van der Waals surface area contributed by atoms with E-state index in [1.54, 1.807) is 23.0 Å². The van der Waals surface area contributed by atoms with E-state index in [1.165, 1.54) is 21.3 Å². The minimum Gasteiger partial charge on any atom is -0.320 e. The molecule has 31 heavy (non-hydrogen) atoms. The number of aryl methyl sites for hydroxylation is 1. The van der Waals surface area contributed by atoms with Gasteiger partial charge in [-0.05, 0) is 43.5 Å². The van der Waals surface area contributed by atoms with E-state index < -0.39 is 11.5 Å². The summed E-state index contributed by atoms with van der Waals surface area (Å²) in [5.41, 5.74) is 2.35. The van der Waals surface area contributed by atoms with E-state index in [4.69, 9.17) is 0 Å². The van der Waals surface area contributed by atoms with E-state index in [0.717, 1.165) is 36.8 Å². The summed E-state index contributed by atoms with van der Waals surface area (Å²) >= 11 is 0. The Hall–Kier alpha value is -3.48. The summed E-state index contributed by atoms with van der Waals surface area (Å²) in [6.07, 6.45) is 5.13. The van der Waals surface area contributed by atoms with Crippen molar-refractivity contribution in [2.45, 2.75) is 45.2 Å². The molecule has 0 radical (unpaired) electrons. The summed E-state index contributed by atoms with van der Waals surface area (Å²) in [5, 5.41) is 0. The van der Waals surface area contributed by atoms with Gasteiger partial charge in [-0.25, -0.2) is 18.7 Å². The van der Waals surface area contributed by atoms with Gasteiger partial charge in [0.2, 0.25) is 0 Å². The lowest BCUT2D eigenvalue weighted by Crippen LogP contribution is -2.41. The van der Waals surface area contributed by atoms with Crippen LogP contribution >= 0.6 is 0 Å². The zero-order valence-corrected chi connectivity index (χ0v) is 17.3. The molecule has 1 aliphatic carbocycles. The van der Waals surface area contributed by atoms with Crippen molar-refractivity contribution in [2.24, 2.45) is 0 Å². The lowest BCUT2D eigenvalue weighted by atomic mass is 10.1. The quantitative estimate of drug-likeness (QED) is 0.504. The smallest absolute Gasteiger partial charge is 0.320 e. The monoisotopic (exact) mass is 418 g/mol. The van der Waals surface area contributed by atoms with Gasteiger partial charge in [-0.15, -0.1) is 0 Å². The number of fused-ring (bicyclic) bond motifs is 1. The Morgan fingerprint density at radius 3 is 2.58 bits per heavy atom. The SMILES string of the molecule is Cc1cccc(Cn2cnc3c2c(=O)n(C2CCCC2)c(=O)n3-c2cccc(F)c2)c1. The molecule has 1 saturated carbocycles. The van der Waals surface area contributed by atoms with Gasteiger partial charge < -0.3 is 4.57 Å². The van der Waals surface area contributed by atoms with Crippen LogP contribution in [0.15, 0.2) is 64.4 Å². The van der Waals surface area contributed by atoms with Crippen molar-refractivity contribution >= 4 is 11.2 Å². The molecule has 1 fully saturated rings. The molecule has 2 aromatic heterocycles. The second-order valence-corrected chi connectivity index (χ2v) is 8.25. The van der Waals surface area contributed by atoms with E-state index in [0.29, 0.717) is 17.7 Å². The Balaban J connectivity index is 1.79. The fraction of sp³-hybridized carbons (Fsp3) is 0.292. The molecule has 6 nitrogen and oxygen atoms in total. The predicted molar refractivity (Wildman–Crippen MR) is 117 cm³/mol. The molecule has 0 saturated heterocycles. The molecule has 158 valence electrons. The molecule has 1 aliphatic rings. The lowest BCUT2D eigenvalue weighted by molar-refractivity contribution is 0.474. The number of rotatable bonds is 4. The first kappa shape index (κ1) is 19.5. The molecule has 7 heteroatoms. The fourth-order valence-electron chi connectivity index (χ4n) is 4.61. The number of benzene rings is 2. The van der Waals surface area contributed by atoms with Crippen molar-refractivity contribution in [1.82, 2.24) is 18.7 Å². The highest BCUT2D eigenvalue weighted by molar-refractivity contribution is 5.72. The van der Waals surface area contributed by atoms with Crippen LogP contribution in [0.25, 0.3) is 16.9 Å². The molecule has 0 amide bonds. The first-order chi connectivity index (χ1) is 15.0. The first-order valence-electron chi connectivity index (χ1n) is 10.6. The van der Waals surface area contributed by atoms with Gasteiger partial charge in [-0.3, -0.25) is 9.36 Å². The minimum absolute atomic E-state index is 0.147. The van der Waals surface area contributed by atoms with Crippen molar-refractivity contribution in [1.29, 1.82) is 0 Å².